The highest BCUT2D eigenvalue weighted by molar-refractivity contribution is 5.94. The van der Waals surface area contributed by atoms with Crippen LogP contribution in [0, 0.1) is 18.8 Å². The van der Waals surface area contributed by atoms with E-state index in [0.29, 0.717) is 25.0 Å². The lowest BCUT2D eigenvalue weighted by Gasteiger charge is -2.41. The van der Waals surface area contributed by atoms with Crippen LogP contribution in [0.5, 0.6) is 0 Å². The topological polar surface area (TPSA) is 67.2 Å². The largest absolute Gasteiger partial charge is 0.451 e. The van der Waals surface area contributed by atoms with E-state index in [1.54, 1.807) is 17.2 Å². The quantitative estimate of drug-likeness (QED) is 0.464. The number of rotatable bonds is 3. The molecule has 0 radical (unpaired) electrons. The lowest BCUT2D eigenvalue weighted by Crippen LogP contribution is -2.49. The van der Waals surface area contributed by atoms with Crippen molar-refractivity contribution in [3.05, 3.63) is 47.2 Å². The first kappa shape index (κ1) is 25.3. The molecule has 1 saturated heterocycles. The minimum Gasteiger partial charge on any atom is -0.370 e. The van der Waals surface area contributed by atoms with Gasteiger partial charge in [0, 0.05) is 56.2 Å². The fourth-order valence-electron chi connectivity index (χ4n) is 5.48. The summed E-state index contributed by atoms with van der Waals surface area (Å²) < 4.78 is 68.1. The number of piperidine rings is 1. The summed E-state index contributed by atoms with van der Waals surface area (Å²) in [5, 5.41) is 7.73. The maximum atomic E-state index is 13.8. The Balaban J connectivity index is 1.32. The normalized spacial score (nSPS) is 20.9. The van der Waals surface area contributed by atoms with Gasteiger partial charge in [0.05, 0.1) is 17.7 Å². The summed E-state index contributed by atoms with van der Waals surface area (Å²) in [4.78, 5) is 21.5. The van der Waals surface area contributed by atoms with Crippen molar-refractivity contribution < 1.29 is 26.7 Å². The van der Waals surface area contributed by atoms with Crippen LogP contribution in [0.1, 0.15) is 43.0 Å². The van der Waals surface area contributed by atoms with Crippen molar-refractivity contribution in [2.45, 2.75) is 52.4 Å². The molecule has 4 heterocycles. The number of fused-ring (bicyclic) bond motifs is 2. The van der Waals surface area contributed by atoms with E-state index in [0.717, 1.165) is 28.1 Å². The summed E-state index contributed by atoms with van der Waals surface area (Å²) in [7, 11) is 0. The van der Waals surface area contributed by atoms with Gasteiger partial charge in [0.15, 0.2) is 5.82 Å². The molecule has 0 spiro atoms. The average molecular weight is 523 g/mol. The van der Waals surface area contributed by atoms with E-state index in [1.807, 2.05) is 13.8 Å². The van der Waals surface area contributed by atoms with E-state index in [-0.39, 0.29) is 48.8 Å². The minimum absolute atomic E-state index is 0.00284. The van der Waals surface area contributed by atoms with Crippen LogP contribution in [0.15, 0.2) is 24.4 Å². The standard InChI is InChI=1S/C25H27F5N6O/c1-14-11-31-19-10-16(24(3,26)27)4-5-18(19)21(14)34-7-6-17(15(2)12-34)22(37)35-8-9-36-20(13-35)32-33-23(36)25(28,29)30/h4-5,10-11,15,17H,6-9,12-13H2,1-3H3/t15-,17+/m1/s1. The van der Waals surface area contributed by atoms with Gasteiger partial charge in [0.1, 0.15) is 0 Å². The first-order chi connectivity index (χ1) is 17.3. The predicted molar refractivity (Wildman–Crippen MR) is 126 cm³/mol. The van der Waals surface area contributed by atoms with Crippen molar-refractivity contribution in [1.82, 2.24) is 24.6 Å². The number of hydrogen-bond donors (Lipinski definition) is 0. The molecule has 2 aliphatic heterocycles. The second kappa shape index (κ2) is 8.91. The highest BCUT2D eigenvalue weighted by atomic mass is 19.4. The zero-order chi connectivity index (χ0) is 26.7. The Morgan fingerprint density at radius 3 is 2.51 bits per heavy atom. The van der Waals surface area contributed by atoms with Crippen LogP contribution in [-0.2, 0) is 30.0 Å². The third kappa shape index (κ3) is 4.61. The molecule has 12 heteroatoms. The van der Waals surface area contributed by atoms with Gasteiger partial charge in [-0.3, -0.25) is 9.78 Å². The zero-order valence-electron chi connectivity index (χ0n) is 20.7. The number of alkyl halides is 5. The highest BCUT2D eigenvalue weighted by Crippen LogP contribution is 2.37. The maximum absolute atomic E-state index is 13.8. The molecule has 1 fully saturated rings. The number of anilines is 1. The number of pyridine rings is 1. The van der Waals surface area contributed by atoms with Crippen LogP contribution in [0.4, 0.5) is 27.6 Å². The lowest BCUT2D eigenvalue weighted by atomic mass is 9.85. The van der Waals surface area contributed by atoms with Gasteiger partial charge in [-0.15, -0.1) is 10.2 Å². The zero-order valence-corrected chi connectivity index (χ0v) is 20.7. The van der Waals surface area contributed by atoms with Gasteiger partial charge in [-0.2, -0.15) is 13.2 Å². The molecular weight excluding hydrogens is 495 g/mol. The Morgan fingerprint density at radius 1 is 1.08 bits per heavy atom. The fraction of sp³-hybridized carbons (Fsp3) is 0.520. The number of halogens is 5. The molecule has 5 rings (SSSR count). The van der Waals surface area contributed by atoms with Crippen LogP contribution in [0.25, 0.3) is 10.9 Å². The molecule has 0 unspecified atom stereocenters. The molecule has 0 N–H and O–H groups in total. The summed E-state index contributed by atoms with van der Waals surface area (Å²) in [6.45, 7) is 6.07. The smallest absolute Gasteiger partial charge is 0.370 e. The highest BCUT2D eigenvalue weighted by Gasteiger charge is 2.41. The van der Waals surface area contributed by atoms with Crippen LogP contribution >= 0.6 is 0 Å². The van der Waals surface area contributed by atoms with E-state index in [2.05, 4.69) is 20.1 Å². The molecule has 3 aromatic rings. The van der Waals surface area contributed by atoms with E-state index < -0.39 is 17.9 Å². The SMILES string of the molecule is Cc1cnc2cc(C(C)(F)F)ccc2c1N1CC[C@H](C(=O)N2CCn3c(nnc3C(F)(F)F)C2)[C@H](C)C1. The lowest BCUT2D eigenvalue weighted by molar-refractivity contribution is -0.148. The van der Waals surface area contributed by atoms with E-state index >= 15 is 0 Å². The summed E-state index contributed by atoms with van der Waals surface area (Å²) >= 11 is 0. The molecule has 0 aliphatic carbocycles. The molecule has 37 heavy (non-hydrogen) atoms. The van der Waals surface area contributed by atoms with Crippen LogP contribution < -0.4 is 4.90 Å². The van der Waals surface area contributed by atoms with E-state index in [9.17, 15) is 26.7 Å². The Kier molecular flexibility index (Phi) is 6.11. The van der Waals surface area contributed by atoms with Crippen LogP contribution in [0.2, 0.25) is 0 Å². The molecule has 2 atom stereocenters. The number of amides is 1. The molecule has 0 bridgehead atoms. The maximum Gasteiger partial charge on any atom is 0.451 e. The van der Waals surface area contributed by atoms with Crippen molar-refractivity contribution in [1.29, 1.82) is 0 Å². The Morgan fingerprint density at radius 2 is 1.84 bits per heavy atom. The van der Waals surface area contributed by atoms with Gasteiger partial charge in [0.2, 0.25) is 11.7 Å². The Bertz CT molecular complexity index is 1350. The summed E-state index contributed by atoms with van der Waals surface area (Å²) in [6, 6.07) is 4.52. The number of hydrogen-bond acceptors (Lipinski definition) is 5. The molecule has 1 aromatic carbocycles. The second-order valence-electron chi connectivity index (χ2n) is 10.1. The van der Waals surface area contributed by atoms with Gasteiger partial charge in [0.25, 0.3) is 5.92 Å². The van der Waals surface area contributed by atoms with Crippen molar-refractivity contribution in [3.8, 4) is 0 Å². The third-order valence-corrected chi connectivity index (χ3v) is 7.39. The number of aromatic nitrogens is 4. The van der Waals surface area contributed by atoms with Gasteiger partial charge in [-0.25, -0.2) is 8.78 Å². The number of carbonyl (C=O) groups is 1. The first-order valence-corrected chi connectivity index (χ1v) is 12.1. The molecule has 7 nitrogen and oxygen atoms in total. The Hall–Kier alpha value is -3.31. The number of benzene rings is 1. The molecule has 1 amide bonds. The summed E-state index contributed by atoms with van der Waals surface area (Å²) in [5.74, 6) is -4.29. The van der Waals surface area contributed by atoms with Crippen LogP contribution in [-0.4, -0.2) is 50.2 Å². The Labute approximate surface area is 210 Å². The van der Waals surface area contributed by atoms with Crippen molar-refractivity contribution >= 4 is 22.5 Å². The summed E-state index contributed by atoms with van der Waals surface area (Å²) in [6.07, 6.45) is -2.35. The van der Waals surface area contributed by atoms with Gasteiger partial charge < -0.3 is 14.4 Å². The first-order valence-electron chi connectivity index (χ1n) is 12.1. The molecule has 198 valence electrons. The molecule has 0 saturated carbocycles. The number of aryl methyl sites for hydroxylation is 1. The minimum atomic E-state index is -4.59. The third-order valence-electron chi connectivity index (χ3n) is 7.39. The molecule has 2 aliphatic rings. The average Bonchev–Trinajstić information content (AvgIpc) is 3.26. The van der Waals surface area contributed by atoms with Crippen molar-refractivity contribution in [3.63, 3.8) is 0 Å². The monoisotopic (exact) mass is 522 g/mol. The van der Waals surface area contributed by atoms with Crippen LogP contribution in [0.3, 0.4) is 0 Å². The van der Waals surface area contributed by atoms with Crippen molar-refractivity contribution in [2.24, 2.45) is 11.8 Å². The van der Waals surface area contributed by atoms with Gasteiger partial charge >= 0.3 is 6.18 Å². The molecular formula is C25H27F5N6O. The second-order valence-corrected chi connectivity index (χ2v) is 10.1. The van der Waals surface area contributed by atoms with E-state index in [4.69, 9.17) is 0 Å². The number of nitrogens with zero attached hydrogens (tertiary/aromatic N) is 6. The van der Waals surface area contributed by atoms with E-state index in [1.165, 1.54) is 12.1 Å². The summed E-state index contributed by atoms with van der Waals surface area (Å²) in [5.41, 5.74) is 2.22. The molecule has 2 aromatic heterocycles. The van der Waals surface area contributed by atoms with Gasteiger partial charge in [-0.1, -0.05) is 19.1 Å². The fourth-order valence-corrected chi connectivity index (χ4v) is 5.48. The van der Waals surface area contributed by atoms with Gasteiger partial charge in [-0.05, 0) is 30.9 Å². The predicted octanol–water partition coefficient (Wildman–Crippen LogP) is 4.77. The van der Waals surface area contributed by atoms with Crippen molar-refractivity contribution in [2.75, 3.05) is 24.5 Å². The number of carbonyl (C=O) groups excluding carboxylic acids is 1.